The third kappa shape index (κ3) is 7.06. The van der Waals surface area contributed by atoms with Gasteiger partial charge in [0.25, 0.3) is 5.91 Å². The van der Waals surface area contributed by atoms with Crippen molar-refractivity contribution in [3.05, 3.63) is 59.5 Å². The van der Waals surface area contributed by atoms with E-state index in [4.69, 9.17) is 32.7 Å². The van der Waals surface area contributed by atoms with Crippen LogP contribution in [0.25, 0.3) is 0 Å². The van der Waals surface area contributed by atoms with E-state index in [1.165, 1.54) is 0 Å². The molecule has 0 atom stereocenters. The Bertz CT molecular complexity index is 917. The van der Waals surface area contributed by atoms with Gasteiger partial charge in [-0.25, -0.2) is 5.43 Å². The van der Waals surface area contributed by atoms with E-state index in [0.29, 0.717) is 36.4 Å². The number of hydrazone groups is 1. The summed E-state index contributed by atoms with van der Waals surface area (Å²) in [7, 11) is 0. The molecule has 1 aliphatic rings. The van der Waals surface area contributed by atoms with Crippen molar-refractivity contribution in [2.45, 2.75) is 6.61 Å². The van der Waals surface area contributed by atoms with Gasteiger partial charge in [-0.05, 0) is 73.9 Å². The fourth-order valence-corrected chi connectivity index (χ4v) is 4.84. The standard InChI is InChI=1S/C20H19BrCl2IN3O3/c21-15-7-14(10-25-26-19(28)11-27-3-5-29-6-4-27)9-18(24)20(15)30-12-13-1-2-16(22)17(23)8-13/h1-2,7-10H,3-6,11-12H2,(H,26,28)/b25-10+. The Morgan fingerprint density at radius 2 is 2.03 bits per heavy atom. The van der Waals surface area contributed by atoms with Crippen molar-refractivity contribution in [2.75, 3.05) is 32.8 Å². The number of rotatable bonds is 7. The van der Waals surface area contributed by atoms with E-state index < -0.39 is 0 Å². The molecule has 3 rings (SSSR count). The fourth-order valence-electron chi connectivity index (χ4n) is 2.75. The van der Waals surface area contributed by atoms with Gasteiger partial charge in [0.1, 0.15) is 12.4 Å². The Morgan fingerprint density at radius 1 is 1.27 bits per heavy atom. The molecule has 2 aromatic carbocycles. The van der Waals surface area contributed by atoms with E-state index in [-0.39, 0.29) is 5.91 Å². The number of carbonyl (C=O) groups is 1. The molecule has 2 aromatic rings. The van der Waals surface area contributed by atoms with Gasteiger partial charge in [0.2, 0.25) is 0 Å². The molecule has 1 aliphatic heterocycles. The highest BCUT2D eigenvalue weighted by atomic mass is 127. The zero-order valence-corrected chi connectivity index (χ0v) is 21.1. The second-order valence-corrected chi connectivity index (χ2v) is 9.36. The Kier molecular flexibility index (Phi) is 9.21. The number of nitrogens with zero attached hydrogens (tertiary/aromatic N) is 2. The molecule has 0 spiro atoms. The summed E-state index contributed by atoms with van der Waals surface area (Å²) < 4.78 is 12.9. The summed E-state index contributed by atoms with van der Waals surface area (Å²) in [5.74, 6) is 0.568. The number of halogens is 4. The molecule has 10 heteroatoms. The molecule has 0 aromatic heterocycles. The molecule has 160 valence electrons. The van der Waals surface area contributed by atoms with Crippen LogP contribution in [0.5, 0.6) is 5.75 Å². The van der Waals surface area contributed by atoms with Crippen LogP contribution in [0.15, 0.2) is 39.9 Å². The quantitative estimate of drug-likeness (QED) is 0.275. The van der Waals surface area contributed by atoms with Crippen LogP contribution in [0.4, 0.5) is 0 Å². The third-order valence-corrected chi connectivity index (χ3v) is 6.39. The number of carbonyl (C=O) groups excluding carboxylic acids is 1. The van der Waals surface area contributed by atoms with Crippen molar-refractivity contribution < 1.29 is 14.3 Å². The molecule has 0 bridgehead atoms. The third-order valence-electron chi connectivity index (χ3n) is 4.26. The SMILES string of the molecule is O=C(CN1CCOCC1)N/N=C/c1cc(Br)c(OCc2ccc(Cl)c(Cl)c2)c(I)c1. The highest BCUT2D eigenvalue weighted by Crippen LogP contribution is 2.32. The first-order valence-electron chi connectivity index (χ1n) is 9.10. The van der Waals surface area contributed by atoms with Crippen molar-refractivity contribution in [1.82, 2.24) is 10.3 Å². The maximum atomic E-state index is 12.0. The predicted molar refractivity (Wildman–Crippen MR) is 131 cm³/mol. The summed E-state index contributed by atoms with van der Waals surface area (Å²) in [6.07, 6.45) is 1.60. The van der Waals surface area contributed by atoms with Gasteiger partial charge < -0.3 is 9.47 Å². The number of hydrogen-bond acceptors (Lipinski definition) is 5. The zero-order chi connectivity index (χ0) is 21.5. The second kappa shape index (κ2) is 11.6. The molecule has 0 radical (unpaired) electrons. The number of benzene rings is 2. The summed E-state index contributed by atoms with van der Waals surface area (Å²) >= 11 is 17.7. The Labute approximate surface area is 207 Å². The van der Waals surface area contributed by atoms with Crippen LogP contribution < -0.4 is 10.2 Å². The van der Waals surface area contributed by atoms with Gasteiger partial charge >= 0.3 is 0 Å². The fraction of sp³-hybridized carbons (Fsp3) is 0.300. The van der Waals surface area contributed by atoms with E-state index in [0.717, 1.165) is 38.0 Å². The van der Waals surface area contributed by atoms with Crippen LogP contribution >= 0.6 is 61.7 Å². The normalized spacial score (nSPS) is 14.8. The molecule has 6 nitrogen and oxygen atoms in total. The lowest BCUT2D eigenvalue weighted by molar-refractivity contribution is -0.123. The lowest BCUT2D eigenvalue weighted by Crippen LogP contribution is -2.42. The number of amides is 1. The van der Waals surface area contributed by atoms with E-state index in [2.05, 4.69) is 49.0 Å². The molecule has 1 heterocycles. The molecule has 1 fully saturated rings. The Hall–Kier alpha value is -0.910. The van der Waals surface area contributed by atoms with Gasteiger partial charge in [0, 0.05) is 13.1 Å². The van der Waals surface area contributed by atoms with Crippen LogP contribution in [0.2, 0.25) is 10.0 Å². The number of nitrogens with one attached hydrogen (secondary N) is 1. The smallest absolute Gasteiger partial charge is 0.254 e. The monoisotopic (exact) mass is 625 g/mol. The summed E-state index contributed by atoms with van der Waals surface area (Å²) in [4.78, 5) is 14.0. The first-order valence-corrected chi connectivity index (χ1v) is 11.7. The van der Waals surface area contributed by atoms with Crippen LogP contribution in [-0.2, 0) is 16.1 Å². The van der Waals surface area contributed by atoms with Gasteiger partial charge in [-0.3, -0.25) is 9.69 Å². The molecule has 1 amide bonds. The highest BCUT2D eigenvalue weighted by molar-refractivity contribution is 14.1. The minimum atomic E-state index is -0.150. The maximum absolute atomic E-state index is 12.0. The van der Waals surface area contributed by atoms with E-state index in [9.17, 15) is 4.79 Å². The van der Waals surface area contributed by atoms with Crippen LogP contribution in [0.1, 0.15) is 11.1 Å². The molecule has 1 N–H and O–H groups in total. The van der Waals surface area contributed by atoms with Gasteiger partial charge in [-0.15, -0.1) is 0 Å². The number of ether oxygens (including phenoxy) is 2. The van der Waals surface area contributed by atoms with Crippen LogP contribution in [0, 0.1) is 3.57 Å². The molecule has 0 saturated carbocycles. The summed E-state index contributed by atoms with van der Waals surface area (Å²) in [5, 5.41) is 5.06. The van der Waals surface area contributed by atoms with Gasteiger partial charge in [-0.2, -0.15) is 5.10 Å². The Balaban J connectivity index is 1.56. The largest absolute Gasteiger partial charge is 0.487 e. The lowest BCUT2D eigenvalue weighted by Gasteiger charge is -2.25. The lowest BCUT2D eigenvalue weighted by atomic mass is 10.2. The summed E-state index contributed by atoms with van der Waals surface area (Å²) in [5.41, 5.74) is 4.31. The van der Waals surface area contributed by atoms with Gasteiger partial charge in [-0.1, -0.05) is 29.3 Å². The summed E-state index contributed by atoms with van der Waals surface area (Å²) in [6.45, 7) is 3.49. The van der Waals surface area contributed by atoms with E-state index in [1.54, 1.807) is 18.3 Å². The number of hydrogen-bond donors (Lipinski definition) is 1. The van der Waals surface area contributed by atoms with Crippen molar-refractivity contribution in [1.29, 1.82) is 0 Å². The van der Waals surface area contributed by atoms with Gasteiger partial charge in [0.05, 0.1) is 44.1 Å². The predicted octanol–water partition coefficient (Wildman–Crippen LogP) is 4.72. The molecule has 0 unspecified atom stereocenters. The summed E-state index contributed by atoms with van der Waals surface area (Å²) in [6, 6.07) is 9.20. The molecular weight excluding hydrogens is 608 g/mol. The minimum Gasteiger partial charge on any atom is -0.487 e. The second-order valence-electron chi connectivity index (χ2n) is 6.53. The number of morpholine rings is 1. The van der Waals surface area contributed by atoms with Crippen LogP contribution in [0.3, 0.4) is 0 Å². The maximum Gasteiger partial charge on any atom is 0.254 e. The van der Waals surface area contributed by atoms with Crippen LogP contribution in [-0.4, -0.2) is 49.9 Å². The molecular formula is C20H19BrCl2IN3O3. The topological polar surface area (TPSA) is 63.2 Å². The van der Waals surface area contributed by atoms with E-state index >= 15 is 0 Å². The van der Waals surface area contributed by atoms with Crippen molar-refractivity contribution in [3.8, 4) is 5.75 Å². The van der Waals surface area contributed by atoms with Crippen molar-refractivity contribution in [2.24, 2.45) is 5.10 Å². The minimum absolute atomic E-state index is 0.150. The molecule has 1 saturated heterocycles. The molecule has 30 heavy (non-hydrogen) atoms. The van der Waals surface area contributed by atoms with E-state index in [1.807, 2.05) is 23.1 Å². The Morgan fingerprint density at radius 3 is 2.73 bits per heavy atom. The van der Waals surface area contributed by atoms with Gasteiger partial charge in [0.15, 0.2) is 0 Å². The molecule has 0 aliphatic carbocycles. The van der Waals surface area contributed by atoms with Crippen molar-refractivity contribution >= 4 is 73.8 Å². The average Bonchev–Trinajstić information content (AvgIpc) is 2.71. The van der Waals surface area contributed by atoms with Crippen molar-refractivity contribution in [3.63, 3.8) is 0 Å². The highest BCUT2D eigenvalue weighted by Gasteiger charge is 2.14. The first kappa shape index (κ1) is 23.7. The zero-order valence-electron chi connectivity index (χ0n) is 15.8. The first-order chi connectivity index (χ1) is 14.4. The average molecular weight is 627 g/mol.